The number of rotatable bonds is 17. The molecule has 0 heterocycles. The zero-order chi connectivity index (χ0) is 21.3. The largest absolute Gasteiger partial charge is 0.463 e. The molecule has 1 unspecified atom stereocenters. The maximum absolute atomic E-state index is 11.5. The molecule has 0 radical (unpaired) electrons. The maximum atomic E-state index is 11.5. The van der Waals surface area contributed by atoms with Crippen LogP contribution >= 0.6 is 0 Å². The lowest BCUT2D eigenvalue weighted by Crippen LogP contribution is -2.25. The second kappa shape index (κ2) is 16.5. The molecule has 0 aliphatic rings. The van der Waals surface area contributed by atoms with Crippen molar-refractivity contribution in [3.05, 3.63) is 12.2 Å². The van der Waals surface area contributed by atoms with Crippen LogP contribution in [-0.2, 0) is 29.2 Å². The van der Waals surface area contributed by atoms with E-state index in [9.17, 15) is 18.0 Å². The predicted octanol–water partition coefficient (Wildman–Crippen LogP) is 4.56. The highest BCUT2D eigenvalue weighted by Crippen LogP contribution is 2.11. The van der Waals surface area contributed by atoms with Crippen molar-refractivity contribution in [3.63, 3.8) is 0 Å². The molecule has 28 heavy (non-hydrogen) atoms. The number of carbonyl (C=O) groups excluding carboxylic acids is 2. The van der Waals surface area contributed by atoms with Crippen molar-refractivity contribution in [2.75, 3.05) is 6.61 Å². The summed E-state index contributed by atoms with van der Waals surface area (Å²) in [6, 6.07) is 0. The summed E-state index contributed by atoms with van der Waals surface area (Å²) in [7, 11) is -4.48. The summed E-state index contributed by atoms with van der Waals surface area (Å²) >= 11 is 0. The Morgan fingerprint density at radius 1 is 0.821 bits per heavy atom. The molecule has 0 amide bonds. The van der Waals surface area contributed by atoms with Crippen molar-refractivity contribution in [2.24, 2.45) is 0 Å². The number of hydrogen-bond acceptors (Lipinski definition) is 6. The van der Waals surface area contributed by atoms with Crippen molar-refractivity contribution < 1.29 is 32.0 Å². The van der Waals surface area contributed by atoms with E-state index in [0.29, 0.717) is 0 Å². The van der Waals surface area contributed by atoms with Crippen LogP contribution in [0.5, 0.6) is 0 Å². The van der Waals surface area contributed by atoms with Crippen molar-refractivity contribution in [1.82, 2.24) is 0 Å². The third-order valence-corrected chi connectivity index (χ3v) is 5.35. The first-order valence-corrected chi connectivity index (χ1v) is 11.8. The molecule has 7 nitrogen and oxygen atoms in total. The van der Waals surface area contributed by atoms with Crippen molar-refractivity contribution in [3.8, 4) is 0 Å². The second-order valence-electron chi connectivity index (χ2n) is 6.83. The molecule has 0 spiro atoms. The Morgan fingerprint density at radius 3 is 1.75 bits per heavy atom. The average molecular weight is 421 g/mol. The van der Waals surface area contributed by atoms with Crippen LogP contribution < -0.4 is 0 Å². The Hall–Kier alpha value is -1.41. The highest BCUT2D eigenvalue weighted by molar-refractivity contribution is 7.86. The zero-order valence-corrected chi connectivity index (χ0v) is 18.0. The van der Waals surface area contributed by atoms with E-state index in [1.165, 1.54) is 58.3 Å². The van der Waals surface area contributed by atoms with E-state index >= 15 is 0 Å². The Kier molecular flexibility index (Phi) is 15.7. The van der Waals surface area contributed by atoms with Crippen LogP contribution in [0, 0.1) is 0 Å². The van der Waals surface area contributed by atoms with E-state index in [1.807, 2.05) is 0 Å². The van der Waals surface area contributed by atoms with E-state index < -0.39 is 27.5 Å². The summed E-state index contributed by atoms with van der Waals surface area (Å²) in [4.78, 5) is 22.9. The Morgan fingerprint density at radius 2 is 1.29 bits per heavy atom. The molecule has 164 valence electrons. The summed E-state index contributed by atoms with van der Waals surface area (Å²) in [6.07, 6.45) is 14.8. The third kappa shape index (κ3) is 15.6. The van der Waals surface area contributed by atoms with Crippen LogP contribution in [0.1, 0.15) is 90.9 Å². The average Bonchev–Trinajstić information content (AvgIpc) is 2.64. The van der Waals surface area contributed by atoms with Gasteiger partial charge in [-0.2, -0.15) is 8.42 Å². The van der Waals surface area contributed by atoms with Gasteiger partial charge in [-0.1, -0.05) is 78.1 Å². The van der Waals surface area contributed by atoms with Crippen LogP contribution in [-0.4, -0.2) is 37.0 Å². The van der Waals surface area contributed by atoms with Gasteiger partial charge >= 0.3 is 22.1 Å². The fraction of sp³-hybridized carbons (Fsp3) is 0.800. The second-order valence-corrected chi connectivity index (χ2v) is 8.38. The molecule has 0 rings (SSSR count). The van der Waals surface area contributed by atoms with Crippen molar-refractivity contribution in [1.29, 1.82) is 0 Å². The quantitative estimate of drug-likeness (QED) is 0.159. The first-order chi connectivity index (χ1) is 13.3. The third-order valence-electron chi connectivity index (χ3n) is 4.26. The fourth-order valence-electron chi connectivity index (χ4n) is 2.65. The van der Waals surface area contributed by atoms with Gasteiger partial charge in [0.2, 0.25) is 5.44 Å². The smallest absolute Gasteiger partial charge is 0.332 e. The van der Waals surface area contributed by atoms with Gasteiger partial charge in [0.15, 0.2) is 0 Å². The molecule has 8 heteroatoms. The molecule has 0 aromatic carbocycles. The number of hydrogen-bond donors (Lipinski definition) is 1. The predicted molar refractivity (Wildman–Crippen MR) is 108 cm³/mol. The first-order valence-electron chi connectivity index (χ1n) is 10.3. The number of carbonyl (C=O) groups is 2. The molecule has 0 aromatic heterocycles. The van der Waals surface area contributed by atoms with Gasteiger partial charge < -0.3 is 9.47 Å². The minimum Gasteiger partial charge on any atom is -0.463 e. The molecule has 0 saturated heterocycles. The fourth-order valence-corrected chi connectivity index (χ4v) is 3.28. The summed E-state index contributed by atoms with van der Waals surface area (Å²) < 4.78 is 40.3. The lowest BCUT2D eigenvalue weighted by molar-refractivity contribution is -0.141. The highest BCUT2D eigenvalue weighted by atomic mass is 32.2. The first kappa shape index (κ1) is 26.6. The molecule has 0 bridgehead atoms. The highest BCUT2D eigenvalue weighted by Gasteiger charge is 2.24. The van der Waals surface area contributed by atoms with Crippen LogP contribution in [0.2, 0.25) is 0 Å². The van der Waals surface area contributed by atoms with Crippen LogP contribution in [0.15, 0.2) is 12.2 Å². The van der Waals surface area contributed by atoms with E-state index in [0.717, 1.165) is 31.4 Å². The van der Waals surface area contributed by atoms with Crippen LogP contribution in [0.25, 0.3) is 0 Å². The summed E-state index contributed by atoms with van der Waals surface area (Å²) in [5.41, 5.74) is -1.64. The lowest BCUT2D eigenvalue weighted by atomic mass is 10.1. The summed E-state index contributed by atoms with van der Waals surface area (Å²) in [5, 5.41) is 0. The van der Waals surface area contributed by atoms with Gasteiger partial charge in [-0.15, -0.1) is 0 Å². The normalized spacial score (nSPS) is 12.8. The number of esters is 2. The number of unbranched alkanes of at least 4 members (excludes halogenated alkanes) is 10. The Labute approximate surface area is 169 Å². The van der Waals surface area contributed by atoms with Crippen molar-refractivity contribution in [2.45, 2.75) is 96.3 Å². The lowest BCUT2D eigenvalue weighted by Gasteiger charge is -2.10. The van der Waals surface area contributed by atoms with Gasteiger partial charge in [-0.3, -0.25) is 4.55 Å². The van der Waals surface area contributed by atoms with Crippen molar-refractivity contribution >= 4 is 22.1 Å². The molecular formula is C20H36O7S. The maximum Gasteiger partial charge on any atom is 0.332 e. The van der Waals surface area contributed by atoms with E-state index in [1.54, 1.807) is 0 Å². The Balaban J connectivity index is 3.69. The molecule has 1 N–H and O–H groups in total. The SMILES string of the molecule is CCCCCCCCCCCCCOC(=O)C=CC(=O)OC(CC)S(=O)(=O)O. The van der Waals surface area contributed by atoms with E-state index in [-0.39, 0.29) is 13.0 Å². The monoisotopic (exact) mass is 420 g/mol. The van der Waals surface area contributed by atoms with Gasteiger partial charge in [0.25, 0.3) is 0 Å². The standard InChI is InChI=1S/C20H36O7S/c1-3-5-6-7-8-9-10-11-12-13-14-17-26-18(21)15-16-19(22)27-20(4-2)28(23,24)25/h15-16,20H,3-14,17H2,1-2H3,(H,23,24,25). The zero-order valence-electron chi connectivity index (χ0n) is 17.2. The molecule has 1 atom stereocenters. The number of ether oxygens (including phenoxy) is 2. The molecular weight excluding hydrogens is 384 g/mol. The summed E-state index contributed by atoms with van der Waals surface area (Å²) in [5.74, 6) is -1.72. The van der Waals surface area contributed by atoms with E-state index in [4.69, 9.17) is 9.29 Å². The minimum absolute atomic E-state index is 0.0955. The molecule has 0 fully saturated rings. The topological polar surface area (TPSA) is 107 Å². The molecule has 0 aliphatic carbocycles. The van der Waals surface area contributed by atoms with Crippen LogP contribution in [0.3, 0.4) is 0 Å². The van der Waals surface area contributed by atoms with Gasteiger partial charge in [-0.25, -0.2) is 9.59 Å². The minimum atomic E-state index is -4.48. The Bertz CT molecular complexity index is 555. The molecule has 0 aromatic rings. The van der Waals surface area contributed by atoms with Gasteiger partial charge in [0.1, 0.15) is 0 Å². The van der Waals surface area contributed by atoms with Gasteiger partial charge in [0.05, 0.1) is 6.61 Å². The molecule has 0 saturated carbocycles. The van der Waals surface area contributed by atoms with Gasteiger partial charge in [-0.05, 0) is 12.8 Å². The van der Waals surface area contributed by atoms with Gasteiger partial charge in [0, 0.05) is 12.2 Å². The summed E-state index contributed by atoms with van der Waals surface area (Å²) in [6.45, 7) is 3.94. The van der Waals surface area contributed by atoms with E-state index in [2.05, 4.69) is 11.7 Å². The van der Waals surface area contributed by atoms with Crippen LogP contribution in [0.4, 0.5) is 0 Å². The molecule has 0 aliphatic heterocycles.